The van der Waals surface area contributed by atoms with Crippen molar-refractivity contribution in [2.75, 3.05) is 6.61 Å². The summed E-state index contributed by atoms with van der Waals surface area (Å²) in [5.74, 6) is -0.187. The summed E-state index contributed by atoms with van der Waals surface area (Å²) in [5, 5.41) is 0. The van der Waals surface area contributed by atoms with Crippen LogP contribution in [0.3, 0.4) is 0 Å². The molecule has 0 aliphatic rings. The molecule has 0 unspecified atom stereocenters. The Labute approximate surface area is 122 Å². The van der Waals surface area contributed by atoms with Gasteiger partial charge in [-0.25, -0.2) is 0 Å². The van der Waals surface area contributed by atoms with Crippen molar-refractivity contribution in [3.05, 3.63) is 31.2 Å². The molecule has 1 rings (SSSR count). The Morgan fingerprint density at radius 2 is 2.06 bits per heavy atom. The number of carbonyl (C=O) groups excluding carboxylic acids is 1. The Balaban J connectivity index is 0. The SMILES string of the molecule is CCOC(=O)CCc1cnccn1.[CH2-]CCC.[Li+]. The van der Waals surface area contributed by atoms with Crippen LogP contribution in [0, 0.1) is 6.92 Å². The summed E-state index contributed by atoms with van der Waals surface area (Å²) < 4.78 is 4.78. The molecule has 0 fully saturated rings. The molecule has 0 N–H and O–H groups in total. The fraction of sp³-hybridized carbons (Fsp3) is 0.538. The zero-order valence-corrected chi connectivity index (χ0v) is 11.7. The second-order valence-corrected chi connectivity index (χ2v) is 3.36. The van der Waals surface area contributed by atoms with Crippen molar-refractivity contribution in [2.24, 2.45) is 0 Å². The maximum atomic E-state index is 10.9. The van der Waals surface area contributed by atoms with Gasteiger partial charge in [0.05, 0.1) is 18.7 Å². The van der Waals surface area contributed by atoms with Crippen LogP contribution in [0.4, 0.5) is 0 Å². The molecule has 0 spiro atoms. The molecule has 0 saturated carbocycles. The van der Waals surface area contributed by atoms with Crippen molar-refractivity contribution >= 4 is 5.97 Å². The molecule has 0 amide bonds. The average Bonchev–Trinajstić information content (AvgIpc) is 2.38. The predicted octanol–water partition coefficient (Wildman–Crippen LogP) is -0.403. The van der Waals surface area contributed by atoms with Gasteiger partial charge in [0.15, 0.2) is 0 Å². The molecule has 5 heteroatoms. The number of unbranched alkanes of at least 4 members (excludes halogenated alkanes) is 1. The van der Waals surface area contributed by atoms with Gasteiger partial charge in [-0.3, -0.25) is 14.8 Å². The van der Waals surface area contributed by atoms with Crippen molar-refractivity contribution in [1.29, 1.82) is 0 Å². The van der Waals surface area contributed by atoms with Gasteiger partial charge in [0.25, 0.3) is 0 Å². The van der Waals surface area contributed by atoms with E-state index in [2.05, 4.69) is 23.8 Å². The Hall–Kier alpha value is -0.853. The molecule has 0 bridgehead atoms. The summed E-state index contributed by atoms with van der Waals surface area (Å²) in [7, 11) is 0. The van der Waals surface area contributed by atoms with Crippen LogP contribution in [-0.2, 0) is 16.0 Å². The molecule has 4 nitrogen and oxygen atoms in total. The topological polar surface area (TPSA) is 52.1 Å². The van der Waals surface area contributed by atoms with Gasteiger partial charge < -0.3 is 11.7 Å². The summed E-state index contributed by atoms with van der Waals surface area (Å²) in [4.78, 5) is 18.9. The van der Waals surface area contributed by atoms with E-state index in [-0.39, 0.29) is 24.8 Å². The van der Waals surface area contributed by atoms with Crippen LogP contribution in [0.15, 0.2) is 18.6 Å². The Kier molecular flexibility index (Phi) is 15.4. The van der Waals surface area contributed by atoms with Crippen molar-refractivity contribution in [3.63, 3.8) is 0 Å². The molecule has 0 atom stereocenters. The first-order chi connectivity index (χ1) is 8.24. The number of ether oxygens (including phenoxy) is 1. The van der Waals surface area contributed by atoms with E-state index in [1.807, 2.05) is 0 Å². The predicted molar refractivity (Wildman–Crippen MR) is 67.3 cm³/mol. The minimum atomic E-state index is -0.187. The quantitative estimate of drug-likeness (QED) is 0.402. The number of hydrogen-bond donors (Lipinski definition) is 0. The second kappa shape index (κ2) is 14.2. The van der Waals surface area contributed by atoms with E-state index in [0.29, 0.717) is 19.4 Å². The molecular weight excluding hydrogens is 223 g/mol. The third-order valence-electron chi connectivity index (χ3n) is 1.86. The molecular formula is C13H21LiN2O2. The summed E-state index contributed by atoms with van der Waals surface area (Å²) in [5.41, 5.74) is 0.815. The second-order valence-electron chi connectivity index (χ2n) is 3.36. The van der Waals surface area contributed by atoms with Gasteiger partial charge in [-0.05, 0) is 6.92 Å². The largest absolute Gasteiger partial charge is 1.00 e. The normalized spacial score (nSPS) is 8.61. The van der Waals surface area contributed by atoms with Crippen molar-refractivity contribution in [3.8, 4) is 0 Å². The van der Waals surface area contributed by atoms with Gasteiger partial charge in [0, 0.05) is 25.0 Å². The summed E-state index contributed by atoms with van der Waals surface area (Å²) in [6.45, 7) is 7.94. The van der Waals surface area contributed by atoms with Crippen LogP contribution in [-0.4, -0.2) is 22.5 Å². The van der Waals surface area contributed by atoms with E-state index in [9.17, 15) is 4.79 Å². The summed E-state index contributed by atoms with van der Waals surface area (Å²) >= 11 is 0. The Bertz CT molecular complexity index is 292. The van der Waals surface area contributed by atoms with E-state index < -0.39 is 0 Å². The van der Waals surface area contributed by atoms with Crippen molar-refractivity contribution in [2.45, 2.75) is 39.5 Å². The van der Waals surface area contributed by atoms with Crippen molar-refractivity contribution in [1.82, 2.24) is 9.97 Å². The van der Waals surface area contributed by atoms with Crippen LogP contribution in [0.1, 0.15) is 38.8 Å². The molecule has 0 saturated heterocycles. The fourth-order valence-electron chi connectivity index (χ4n) is 0.922. The van der Waals surface area contributed by atoms with Gasteiger partial charge in [0.2, 0.25) is 0 Å². The van der Waals surface area contributed by atoms with Crippen LogP contribution in [0.25, 0.3) is 0 Å². The van der Waals surface area contributed by atoms with Gasteiger partial charge in [-0.15, -0.1) is 0 Å². The van der Waals surface area contributed by atoms with Gasteiger partial charge in [-0.2, -0.15) is 6.42 Å². The zero-order chi connectivity index (χ0) is 12.9. The molecule has 0 radical (unpaired) electrons. The number of aromatic nitrogens is 2. The van der Waals surface area contributed by atoms with Gasteiger partial charge >= 0.3 is 24.8 Å². The molecule has 0 aliphatic carbocycles. The van der Waals surface area contributed by atoms with Crippen LogP contribution in [0.5, 0.6) is 0 Å². The van der Waals surface area contributed by atoms with E-state index in [4.69, 9.17) is 4.74 Å². The van der Waals surface area contributed by atoms with E-state index >= 15 is 0 Å². The molecule has 0 aromatic carbocycles. The number of rotatable bonds is 5. The van der Waals surface area contributed by atoms with Crippen LogP contribution in [0.2, 0.25) is 0 Å². The van der Waals surface area contributed by atoms with E-state index in [0.717, 1.165) is 12.1 Å². The molecule has 1 aromatic rings. The van der Waals surface area contributed by atoms with Crippen LogP contribution >= 0.6 is 0 Å². The van der Waals surface area contributed by atoms with Crippen LogP contribution < -0.4 is 18.9 Å². The maximum Gasteiger partial charge on any atom is 1.00 e. The number of hydrogen-bond acceptors (Lipinski definition) is 4. The number of esters is 1. The molecule has 96 valence electrons. The Morgan fingerprint density at radius 1 is 1.39 bits per heavy atom. The third kappa shape index (κ3) is 11.6. The number of nitrogens with zero attached hydrogens (tertiary/aromatic N) is 2. The minimum absolute atomic E-state index is 0. The standard InChI is InChI=1S/C9H12N2O2.C4H9.Li/c1-2-13-9(12)4-3-8-7-10-5-6-11-8;1-3-4-2;/h5-7H,2-4H2,1H3;1,3-4H2,2H3;/q;-1;+1. The summed E-state index contributed by atoms with van der Waals surface area (Å²) in [6.07, 6.45) is 8.10. The molecule has 1 aromatic heterocycles. The minimum Gasteiger partial charge on any atom is -0.466 e. The fourth-order valence-corrected chi connectivity index (χ4v) is 0.922. The number of carbonyl (C=O) groups is 1. The van der Waals surface area contributed by atoms with Gasteiger partial charge in [-0.1, -0.05) is 13.3 Å². The molecule has 0 aliphatic heterocycles. The molecule has 18 heavy (non-hydrogen) atoms. The Morgan fingerprint density at radius 3 is 2.50 bits per heavy atom. The van der Waals surface area contributed by atoms with Gasteiger partial charge in [0.1, 0.15) is 0 Å². The maximum absolute atomic E-state index is 10.9. The van der Waals surface area contributed by atoms with E-state index in [1.54, 1.807) is 25.5 Å². The van der Waals surface area contributed by atoms with Crippen molar-refractivity contribution < 1.29 is 28.4 Å². The number of aryl methyl sites for hydroxylation is 1. The smallest absolute Gasteiger partial charge is 0.466 e. The monoisotopic (exact) mass is 244 g/mol. The molecule has 1 heterocycles. The first kappa shape index (κ1) is 19.5. The summed E-state index contributed by atoms with van der Waals surface area (Å²) in [6, 6.07) is 0. The average molecular weight is 244 g/mol. The third-order valence-corrected chi connectivity index (χ3v) is 1.86. The first-order valence-electron chi connectivity index (χ1n) is 5.94. The van der Waals surface area contributed by atoms with E-state index in [1.165, 1.54) is 6.42 Å². The first-order valence-corrected chi connectivity index (χ1v) is 5.94. The zero-order valence-electron chi connectivity index (χ0n) is 11.7.